The summed E-state index contributed by atoms with van der Waals surface area (Å²) in [4.78, 5) is 6.23. The Morgan fingerprint density at radius 3 is 3.00 bits per heavy atom. The molecule has 0 fully saturated rings. The highest BCUT2D eigenvalue weighted by molar-refractivity contribution is 6.31. The predicted molar refractivity (Wildman–Crippen MR) is 63.6 cm³/mol. The molecule has 0 aromatic carbocycles. The Labute approximate surface area is 99.8 Å². The van der Waals surface area contributed by atoms with Crippen LogP contribution in [0.3, 0.4) is 0 Å². The van der Waals surface area contributed by atoms with E-state index < -0.39 is 0 Å². The molecule has 1 heterocycles. The second kappa shape index (κ2) is 6.28. The highest BCUT2D eigenvalue weighted by atomic mass is 35.5. The highest BCUT2D eigenvalue weighted by Gasteiger charge is 2.06. The first-order valence-electron chi connectivity index (χ1n) is 4.85. The van der Waals surface area contributed by atoms with Crippen LogP contribution in [0.25, 0.3) is 0 Å². The van der Waals surface area contributed by atoms with E-state index in [1.54, 1.807) is 12.1 Å². The van der Waals surface area contributed by atoms with Crippen molar-refractivity contribution in [3.8, 4) is 6.07 Å². The SMILES string of the molecule is CN(CCC#N)Cc1nc(NN)ccc1Cl. The number of anilines is 1. The molecule has 0 aliphatic rings. The summed E-state index contributed by atoms with van der Waals surface area (Å²) >= 11 is 6.01. The number of hydrogen-bond donors (Lipinski definition) is 2. The molecule has 16 heavy (non-hydrogen) atoms. The van der Waals surface area contributed by atoms with Gasteiger partial charge in [-0.1, -0.05) is 11.6 Å². The Kier molecular flexibility index (Phi) is 4.99. The number of nitriles is 1. The van der Waals surface area contributed by atoms with E-state index in [0.717, 1.165) is 5.69 Å². The molecular weight excluding hydrogens is 226 g/mol. The van der Waals surface area contributed by atoms with Crippen LogP contribution in [0.2, 0.25) is 5.02 Å². The van der Waals surface area contributed by atoms with Crippen LogP contribution in [0.15, 0.2) is 12.1 Å². The zero-order valence-electron chi connectivity index (χ0n) is 9.07. The van der Waals surface area contributed by atoms with Crippen LogP contribution >= 0.6 is 11.6 Å². The fraction of sp³-hybridized carbons (Fsp3) is 0.400. The number of nitrogens with zero attached hydrogens (tertiary/aromatic N) is 3. The quantitative estimate of drug-likeness (QED) is 0.599. The second-order valence-corrected chi connectivity index (χ2v) is 3.82. The summed E-state index contributed by atoms with van der Waals surface area (Å²) in [5.74, 6) is 5.84. The summed E-state index contributed by atoms with van der Waals surface area (Å²) in [6.45, 7) is 1.28. The molecule has 0 bridgehead atoms. The van der Waals surface area contributed by atoms with E-state index in [-0.39, 0.29) is 0 Å². The van der Waals surface area contributed by atoms with E-state index in [1.807, 2.05) is 11.9 Å². The molecule has 0 aliphatic heterocycles. The summed E-state index contributed by atoms with van der Waals surface area (Å²) in [5, 5.41) is 9.07. The molecule has 5 nitrogen and oxygen atoms in total. The fourth-order valence-electron chi connectivity index (χ4n) is 1.25. The van der Waals surface area contributed by atoms with Gasteiger partial charge in [0.15, 0.2) is 0 Å². The molecule has 0 unspecified atom stereocenters. The van der Waals surface area contributed by atoms with Gasteiger partial charge >= 0.3 is 0 Å². The molecule has 0 aliphatic carbocycles. The van der Waals surface area contributed by atoms with E-state index in [0.29, 0.717) is 30.4 Å². The van der Waals surface area contributed by atoms with Gasteiger partial charge in [0, 0.05) is 19.5 Å². The number of nitrogen functional groups attached to an aromatic ring is 1. The minimum Gasteiger partial charge on any atom is -0.308 e. The molecule has 3 N–H and O–H groups in total. The van der Waals surface area contributed by atoms with Gasteiger partial charge in [-0.2, -0.15) is 5.26 Å². The van der Waals surface area contributed by atoms with Gasteiger partial charge < -0.3 is 5.43 Å². The molecule has 1 rings (SSSR count). The summed E-state index contributed by atoms with van der Waals surface area (Å²) < 4.78 is 0. The third kappa shape index (κ3) is 3.66. The molecule has 0 amide bonds. The molecule has 6 heteroatoms. The van der Waals surface area contributed by atoms with Gasteiger partial charge in [0.1, 0.15) is 5.82 Å². The van der Waals surface area contributed by atoms with Crippen molar-refractivity contribution in [2.45, 2.75) is 13.0 Å². The number of nitrogens with one attached hydrogen (secondary N) is 1. The Bertz CT molecular complexity index is 387. The van der Waals surface area contributed by atoms with Crippen molar-refractivity contribution >= 4 is 17.4 Å². The third-order valence-corrected chi connectivity index (χ3v) is 2.44. The summed E-state index contributed by atoms with van der Waals surface area (Å²) in [7, 11) is 1.91. The Hall–Kier alpha value is -1.35. The molecule has 86 valence electrons. The van der Waals surface area contributed by atoms with Crippen LogP contribution in [0.4, 0.5) is 5.82 Å². The zero-order valence-corrected chi connectivity index (χ0v) is 9.83. The van der Waals surface area contributed by atoms with Crippen LogP contribution in [-0.4, -0.2) is 23.5 Å². The topological polar surface area (TPSA) is 78.0 Å². The van der Waals surface area contributed by atoms with Gasteiger partial charge in [-0.25, -0.2) is 10.8 Å². The van der Waals surface area contributed by atoms with Crippen molar-refractivity contribution in [3.05, 3.63) is 22.8 Å². The lowest BCUT2D eigenvalue weighted by Gasteiger charge is -2.15. The number of halogens is 1. The van der Waals surface area contributed by atoms with Crippen molar-refractivity contribution in [2.24, 2.45) is 5.84 Å². The van der Waals surface area contributed by atoms with Gasteiger partial charge in [0.25, 0.3) is 0 Å². The number of pyridine rings is 1. The molecule has 0 saturated carbocycles. The molecule has 0 radical (unpaired) electrons. The number of hydrazine groups is 1. The fourth-order valence-corrected chi connectivity index (χ4v) is 1.42. The predicted octanol–water partition coefficient (Wildman–Crippen LogP) is 1.37. The normalized spacial score (nSPS) is 10.2. The average Bonchev–Trinajstić information content (AvgIpc) is 2.29. The van der Waals surface area contributed by atoms with Crippen molar-refractivity contribution in [2.75, 3.05) is 19.0 Å². The van der Waals surface area contributed by atoms with Gasteiger partial charge in [-0.15, -0.1) is 0 Å². The smallest absolute Gasteiger partial charge is 0.140 e. The first-order valence-corrected chi connectivity index (χ1v) is 5.22. The summed E-state index contributed by atoms with van der Waals surface area (Å²) in [6, 6.07) is 5.55. The third-order valence-electron chi connectivity index (χ3n) is 2.09. The Morgan fingerprint density at radius 1 is 1.62 bits per heavy atom. The summed E-state index contributed by atoms with van der Waals surface area (Å²) in [6.07, 6.45) is 0.489. The van der Waals surface area contributed by atoms with Gasteiger partial charge in [0.05, 0.1) is 16.8 Å². The standard InChI is InChI=1S/C10H14ClN5/c1-16(6-2-5-12)7-9-8(11)3-4-10(14-9)15-13/h3-4H,2,6-7,13H2,1H3,(H,14,15). The summed E-state index contributed by atoms with van der Waals surface area (Å²) in [5.41, 5.74) is 3.22. The van der Waals surface area contributed by atoms with Crippen LogP contribution < -0.4 is 11.3 Å². The van der Waals surface area contributed by atoms with Gasteiger partial charge in [-0.3, -0.25) is 4.90 Å². The minimum absolute atomic E-state index is 0.489. The second-order valence-electron chi connectivity index (χ2n) is 3.42. The Balaban J connectivity index is 2.68. The van der Waals surface area contributed by atoms with Crippen molar-refractivity contribution in [1.29, 1.82) is 5.26 Å². The minimum atomic E-state index is 0.489. The van der Waals surface area contributed by atoms with E-state index in [1.165, 1.54) is 0 Å². The Morgan fingerprint density at radius 2 is 2.38 bits per heavy atom. The van der Waals surface area contributed by atoms with E-state index in [9.17, 15) is 0 Å². The zero-order chi connectivity index (χ0) is 12.0. The maximum Gasteiger partial charge on any atom is 0.140 e. The lowest BCUT2D eigenvalue weighted by molar-refractivity contribution is 0.331. The average molecular weight is 240 g/mol. The van der Waals surface area contributed by atoms with Gasteiger partial charge in [0.2, 0.25) is 0 Å². The first-order chi connectivity index (χ1) is 7.67. The molecule has 1 aromatic rings. The first kappa shape index (κ1) is 12.7. The van der Waals surface area contributed by atoms with Crippen LogP contribution in [0, 0.1) is 11.3 Å². The highest BCUT2D eigenvalue weighted by Crippen LogP contribution is 2.17. The van der Waals surface area contributed by atoms with E-state index >= 15 is 0 Å². The van der Waals surface area contributed by atoms with Crippen LogP contribution in [-0.2, 0) is 6.54 Å². The van der Waals surface area contributed by atoms with Crippen molar-refractivity contribution in [1.82, 2.24) is 9.88 Å². The van der Waals surface area contributed by atoms with E-state index in [2.05, 4.69) is 16.5 Å². The maximum absolute atomic E-state index is 8.47. The van der Waals surface area contributed by atoms with E-state index in [4.69, 9.17) is 22.7 Å². The molecule has 0 spiro atoms. The number of rotatable bonds is 5. The van der Waals surface area contributed by atoms with Crippen LogP contribution in [0.5, 0.6) is 0 Å². The molecule has 0 atom stereocenters. The van der Waals surface area contributed by atoms with Gasteiger partial charge in [-0.05, 0) is 19.2 Å². The molecular formula is C10H14ClN5. The molecule has 1 aromatic heterocycles. The lowest BCUT2D eigenvalue weighted by Crippen LogP contribution is -2.20. The molecule has 0 saturated heterocycles. The maximum atomic E-state index is 8.47. The monoisotopic (exact) mass is 239 g/mol. The van der Waals surface area contributed by atoms with Crippen molar-refractivity contribution in [3.63, 3.8) is 0 Å². The number of hydrogen-bond acceptors (Lipinski definition) is 5. The van der Waals surface area contributed by atoms with Crippen LogP contribution in [0.1, 0.15) is 12.1 Å². The van der Waals surface area contributed by atoms with Crippen molar-refractivity contribution < 1.29 is 0 Å². The lowest BCUT2D eigenvalue weighted by atomic mass is 10.3. The largest absolute Gasteiger partial charge is 0.308 e. The number of nitrogens with two attached hydrogens (primary N) is 1. The number of aromatic nitrogens is 1.